The fourth-order valence-corrected chi connectivity index (χ4v) is 4.43. The Kier molecular flexibility index (Phi) is 7.14. The zero-order valence-electron chi connectivity index (χ0n) is 21.7. The minimum Gasteiger partial charge on any atom is -0.479 e. The van der Waals surface area contributed by atoms with Crippen LogP contribution >= 0.6 is 0 Å². The van der Waals surface area contributed by atoms with Crippen molar-refractivity contribution in [2.45, 2.75) is 13.3 Å². The summed E-state index contributed by atoms with van der Waals surface area (Å²) in [5.74, 6) is 1.91. The number of benzene rings is 3. The van der Waals surface area contributed by atoms with Crippen LogP contribution in [0, 0.1) is 11.3 Å². The first-order valence-electron chi connectivity index (χ1n) is 12.5. The van der Waals surface area contributed by atoms with Gasteiger partial charge in [0.1, 0.15) is 23.2 Å². The van der Waals surface area contributed by atoms with Crippen molar-refractivity contribution in [3.8, 4) is 11.8 Å². The SMILES string of the molecule is CCc1ccc(OCC#N)cc1N(C)c1cc2c(ncn2C)c(N=C(c2ccccc2)c2ccccc2)n1. The van der Waals surface area contributed by atoms with Crippen molar-refractivity contribution in [2.24, 2.45) is 12.0 Å². The molecule has 0 saturated carbocycles. The minimum atomic E-state index is -0.00549. The molecule has 0 spiro atoms. The molecule has 7 heteroatoms. The van der Waals surface area contributed by atoms with Crippen molar-refractivity contribution < 1.29 is 4.74 Å². The summed E-state index contributed by atoms with van der Waals surface area (Å²) in [6, 6.07) is 30.2. The van der Waals surface area contributed by atoms with E-state index in [-0.39, 0.29) is 6.61 Å². The van der Waals surface area contributed by atoms with Crippen LogP contribution in [0.25, 0.3) is 11.0 Å². The molecule has 0 aliphatic carbocycles. The van der Waals surface area contributed by atoms with E-state index in [9.17, 15) is 0 Å². The highest BCUT2D eigenvalue weighted by Crippen LogP contribution is 2.34. The molecule has 0 bridgehead atoms. The van der Waals surface area contributed by atoms with Crippen LogP contribution < -0.4 is 9.64 Å². The largest absolute Gasteiger partial charge is 0.479 e. The van der Waals surface area contributed by atoms with Crippen LogP contribution in [0.3, 0.4) is 0 Å². The van der Waals surface area contributed by atoms with Gasteiger partial charge in [-0.1, -0.05) is 73.7 Å². The van der Waals surface area contributed by atoms with Crippen molar-refractivity contribution in [3.63, 3.8) is 0 Å². The molecule has 7 nitrogen and oxygen atoms in total. The zero-order chi connectivity index (χ0) is 26.5. The lowest BCUT2D eigenvalue weighted by Crippen LogP contribution is -2.14. The fourth-order valence-electron chi connectivity index (χ4n) is 4.43. The van der Waals surface area contributed by atoms with Crippen molar-refractivity contribution >= 4 is 34.1 Å². The van der Waals surface area contributed by atoms with Gasteiger partial charge in [-0.25, -0.2) is 15.0 Å². The quantitative estimate of drug-likeness (QED) is 0.231. The number of imidazole rings is 1. The van der Waals surface area contributed by atoms with Gasteiger partial charge in [0, 0.05) is 43.0 Å². The van der Waals surface area contributed by atoms with Gasteiger partial charge in [0.15, 0.2) is 12.4 Å². The average Bonchev–Trinajstić information content (AvgIpc) is 3.35. The van der Waals surface area contributed by atoms with Crippen molar-refractivity contribution in [3.05, 3.63) is 108 Å². The number of ether oxygens (including phenoxy) is 1. The molecule has 188 valence electrons. The molecule has 3 aromatic carbocycles. The van der Waals surface area contributed by atoms with E-state index in [0.717, 1.165) is 51.4 Å². The first kappa shape index (κ1) is 24.7. The second kappa shape index (κ2) is 11.0. The fraction of sp³-hybridized carbons (Fsp3) is 0.161. The maximum atomic E-state index is 8.94. The van der Waals surface area contributed by atoms with E-state index >= 15 is 0 Å². The van der Waals surface area contributed by atoms with Gasteiger partial charge >= 0.3 is 0 Å². The molecule has 0 amide bonds. The van der Waals surface area contributed by atoms with E-state index in [1.165, 1.54) is 0 Å². The molecule has 38 heavy (non-hydrogen) atoms. The summed E-state index contributed by atoms with van der Waals surface area (Å²) >= 11 is 0. The third-order valence-corrected chi connectivity index (χ3v) is 6.44. The van der Waals surface area contributed by atoms with Crippen LogP contribution in [0.15, 0.2) is 96.2 Å². The number of aliphatic imine (C=N–C) groups is 1. The molecule has 0 saturated heterocycles. The first-order chi connectivity index (χ1) is 18.6. The Morgan fingerprint density at radius 1 is 1.00 bits per heavy atom. The summed E-state index contributed by atoms with van der Waals surface area (Å²) in [7, 11) is 3.95. The standard InChI is InChI=1S/C31H28N6O/c1-4-22-15-16-25(38-18-17-32)19-26(22)37(3)28-20-27-30(33-21-36(27)2)31(34-28)35-29(23-11-7-5-8-12-23)24-13-9-6-10-14-24/h5-16,19-21H,4,18H2,1-3H3. The van der Waals surface area contributed by atoms with E-state index in [0.29, 0.717) is 11.6 Å². The van der Waals surface area contributed by atoms with Crippen LogP contribution in [-0.4, -0.2) is 33.9 Å². The zero-order valence-corrected chi connectivity index (χ0v) is 21.7. The summed E-state index contributed by atoms with van der Waals surface area (Å²) < 4.78 is 7.57. The van der Waals surface area contributed by atoms with Gasteiger partial charge in [0.25, 0.3) is 0 Å². The smallest absolute Gasteiger partial charge is 0.183 e. The molecule has 0 unspecified atom stereocenters. The van der Waals surface area contributed by atoms with Crippen molar-refractivity contribution in [2.75, 3.05) is 18.6 Å². The molecule has 0 fully saturated rings. The third-order valence-electron chi connectivity index (χ3n) is 6.44. The molecule has 5 aromatic rings. The highest BCUT2D eigenvalue weighted by molar-refractivity contribution is 6.14. The lowest BCUT2D eigenvalue weighted by Gasteiger charge is -2.23. The van der Waals surface area contributed by atoms with Crippen LogP contribution in [-0.2, 0) is 13.5 Å². The number of nitrogens with zero attached hydrogens (tertiary/aromatic N) is 6. The first-order valence-corrected chi connectivity index (χ1v) is 12.5. The lowest BCUT2D eigenvalue weighted by atomic mass is 10.0. The third kappa shape index (κ3) is 4.97. The van der Waals surface area contributed by atoms with E-state index < -0.39 is 0 Å². The molecule has 2 heterocycles. The van der Waals surface area contributed by atoms with Gasteiger partial charge < -0.3 is 14.2 Å². The maximum Gasteiger partial charge on any atom is 0.183 e. The molecular formula is C31H28N6O. The second-order valence-electron chi connectivity index (χ2n) is 8.87. The molecule has 0 atom stereocenters. The maximum absolute atomic E-state index is 8.94. The van der Waals surface area contributed by atoms with E-state index in [1.807, 2.05) is 90.3 Å². The number of rotatable bonds is 8. The molecule has 0 aliphatic rings. The summed E-state index contributed by atoms with van der Waals surface area (Å²) in [5.41, 5.74) is 6.58. The van der Waals surface area contributed by atoms with E-state index in [1.54, 1.807) is 6.33 Å². The molecular weight excluding hydrogens is 472 g/mol. The number of anilines is 2. The summed E-state index contributed by atoms with van der Waals surface area (Å²) in [4.78, 5) is 16.8. The highest BCUT2D eigenvalue weighted by Gasteiger charge is 2.18. The number of hydrogen-bond donors (Lipinski definition) is 0. The minimum absolute atomic E-state index is 0.00549. The molecule has 0 radical (unpaired) electrons. The molecule has 2 aromatic heterocycles. The monoisotopic (exact) mass is 500 g/mol. The predicted octanol–water partition coefficient (Wildman–Crippen LogP) is 6.37. The Morgan fingerprint density at radius 3 is 2.32 bits per heavy atom. The van der Waals surface area contributed by atoms with Crippen LogP contribution in [0.4, 0.5) is 17.3 Å². The van der Waals surface area contributed by atoms with Crippen LogP contribution in [0.5, 0.6) is 5.75 Å². The number of aromatic nitrogens is 3. The molecule has 0 aliphatic heterocycles. The van der Waals surface area contributed by atoms with Gasteiger partial charge in [-0.3, -0.25) is 0 Å². The number of pyridine rings is 1. The topological polar surface area (TPSA) is 79.3 Å². The molecule has 5 rings (SSSR count). The van der Waals surface area contributed by atoms with E-state index in [2.05, 4.69) is 36.2 Å². The molecule has 0 N–H and O–H groups in total. The van der Waals surface area contributed by atoms with Gasteiger partial charge in [-0.15, -0.1) is 0 Å². The van der Waals surface area contributed by atoms with Gasteiger partial charge in [0.05, 0.1) is 17.6 Å². The average molecular weight is 501 g/mol. The van der Waals surface area contributed by atoms with Crippen molar-refractivity contribution in [1.29, 1.82) is 5.26 Å². The lowest BCUT2D eigenvalue weighted by molar-refractivity contribution is 0.368. The van der Waals surface area contributed by atoms with Crippen LogP contribution in [0.2, 0.25) is 0 Å². The predicted molar refractivity (Wildman–Crippen MR) is 152 cm³/mol. The number of fused-ring (bicyclic) bond motifs is 1. The summed E-state index contributed by atoms with van der Waals surface area (Å²) in [6.07, 6.45) is 2.62. The highest BCUT2D eigenvalue weighted by atomic mass is 16.5. The Morgan fingerprint density at radius 2 is 1.68 bits per heavy atom. The number of aryl methyl sites for hydroxylation is 2. The van der Waals surface area contributed by atoms with Gasteiger partial charge in [-0.05, 0) is 18.1 Å². The van der Waals surface area contributed by atoms with E-state index in [4.69, 9.17) is 20.0 Å². The normalized spacial score (nSPS) is 10.7. The van der Waals surface area contributed by atoms with Crippen LogP contribution in [0.1, 0.15) is 23.6 Å². The Labute approximate surface area is 222 Å². The summed E-state index contributed by atoms with van der Waals surface area (Å²) in [6.45, 7) is 2.11. The number of nitriles is 1. The van der Waals surface area contributed by atoms with Gasteiger partial charge in [-0.2, -0.15) is 5.26 Å². The Bertz CT molecular complexity index is 1590. The Balaban J connectivity index is 1.68. The summed E-state index contributed by atoms with van der Waals surface area (Å²) in [5, 5.41) is 8.94. The van der Waals surface area contributed by atoms with Gasteiger partial charge in [0.2, 0.25) is 0 Å². The number of hydrogen-bond acceptors (Lipinski definition) is 6. The second-order valence-corrected chi connectivity index (χ2v) is 8.87. The van der Waals surface area contributed by atoms with Crippen molar-refractivity contribution in [1.82, 2.24) is 14.5 Å². The Hall–Kier alpha value is -4.96.